The summed E-state index contributed by atoms with van der Waals surface area (Å²) >= 11 is 0. The number of rotatable bonds is 6. The number of fused-ring (bicyclic) bond motifs is 2. The Morgan fingerprint density at radius 3 is 2.55 bits per heavy atom. The number of benzene rings is 2. The monoisotopic (exact) mass is 500 g/mol. The Kier molecular flexibility index (Phi) is 6.36. The first kappa shape index (κ1) is 24.2. The smallest absolute Gasteiger partial charge is 0.163 e. The number of aromatic nitrogens is 4. The summed E-state index contributed by atoms with van der Waals surface area (Å²) in [5, 5.41) is 7.29. The molecule has 5 aromatic rings. The lowest BCUT2D eigenvalue weighted by Crippen LogP contribution is -2.18. The molecule has 0 N–H and O–H groups in total. The molecule has 1 aliphatic rings. The molecule has 0 aliphatic heterocycles. The van der Waals surface area contributed by atoms with Crippen molar-refractivity contribution in [2.75, 3.05) is 0 Å². The Balaban J connectivity index is 1.53. The first-order valence-electron chi connectivity index (χ1n) is 13.5. The molecule has 5 heteroatoms. The van der Waals surface area contributed by atoms with Crippen LogP contribution in [0.25, 0.3) is 44.7 Å². The van der Waals surface area contributed by atoms with Gasteiger partial charge in [-0.05, 0) is 97.2 Å². The Morgan fingerprint density at radius 1 is 1.05 bits per heavy atom. The molecule has 2 aromatic carbocycles. The molecular weight excluding hydrogens is 468 g/mol. The van der Waals surface area contributed by atoms with Gasteiger partial charge in [0.05, 0.1) is 17.6 Å². The van der Waals surface area contributed by atoms with Gasteiger partial charge in [0.25, 0.3) is 0 Å². The SMILES string of the molecule is C=Cc1c(-c2ccncc2)c(C2CCC(CC(C)=O)CC2)nc2c(-c3cc(C)c4ccccc4c3)cnn12. The minimum absolute atomic E-state index is 0.286. The van der Waals surface area contributed by atoms with Crippen molar-refractivity contribution in [3.8, 4) is 22.3 Å². The Morgan fingerprint density at radius 2 is 1.82 bits per heavy atom. The molecule has 0 saturated heterocycles. The van der Waals surface area contributed by atoms with E-state index in [0.29, 0.717) is 18.3 Å². The topological polar surface area (TPSA) is 60.2 Å². The molecule has 1 saturated carbocycles. The molecule has 0 radical (unpaired) electrons. The third-order valence-corrected chi connectivity index (χ3v) is 8.06. The Hall–Kier alpha value is -4.12. The van der Waals surface area contributed by atoms with Gasteiger partial charge < -0.3 is 4.79 Å². The van der Waals surface area contributed by atoms with Crippen LogP contribution in [0, 0.1) is 12.8 Å². The van der Waals surface area contributed by atoms with E-state index >= 15 is 0 Å². The standard InChI is InChI=1S/C33H32N4O/c1-4-30-31(24-13-15-34-16-14-24)32(25-11-9-23(10-12-25)18-22(3)38)36-33-29(20-35-37(30)33)27-17-21(2)28-8-6-5-7-26(28)19-27/h4-8,13-17,19-20,23,25H,1,9-12,18H2,2-3H3. The minimum Gasteiger partial charge on any atom is -0.300 e. The van der Waals surface area contributed by atoms with Crippen LogP contribution in [0.15, 0.2) is 73.7 Å². The second-order valence-electron chi connectivity index (χ2n) is 10.6. The Labute approximate surface area is 223 Å². The molecule has 1 fully saturated rings. The van der Waals surface area contributed by atoms with E-state index in [4.69, 9.17) is 10.1 Å². The predicted molar refractivity (Wildman–Crippen MR) is 154 cm³/mol. The first-order chi connectivity index (χ1) is 18.5. The molecule has 1 aliphatic carbocycles. The fourth-order valence-corrected chi connectivity index (χ4v) is 6.24. The van der Waals surface area contributed by atoms with E-state index in [1.54, 1.807) is 6.92 Å². The summed E-state index contributed by atoms with van der Waals surface area (Å²) in [6.45, 7) is 8.06. The predicted octanol–water partition coefficient (Wildman–Crippen LogP) is 7.82. The van der Waals surface area contributed by atoms with Gasteiger partial charge in [0.1, 0.15) is 5.78 Å². The maximum atomic E-state index is 11.7. The number of aryl methyl sites for hydroxylation is 1. The lowest BCUT2D eigenvalue weighted by Gasteiger charge is -2.29. The van der Waals surface area contributed by atoms with Crippen molar-refractivity contribution in [1.82, 2.24) is 19.6 Å². The zero-order valence-electron chi connectivity index (χ0n) is 22.0. The van der Waals surface area contributed by atoms with Gasteiger partial charge in [0.2, 0.25) is 0 Å². The zero-order chi connectivity index (χ0) is 26.2. The number of nitrogens with zero attached hydrogens (tertiary/aromatic N) is 4. The Bertz CT molecular complexity index is 1660. The summed E-state index contributed by atoms with van der Waals surface area (Å²) in [5.74, 6) is 1.07. The summed E-state index contributed by atoms with van der Waals surface area (Å²) < 4.78 is 1.94. The summed E-state index contributed by atoms with van der Waals surface area (Å²) in [7, 11) is 0. The van der Waals surface area contributed by atoms with E-state index in [1.807, 2.05) is 41.3 Å². The first-order valence-corrected chi connectivity index (χ1v) is 13.5. The second-order valence-corrected chi connectivity index (χ2v) is 10.6. The average molecular weight is 501 g/mol. The summed E-state index contributed by atoms with van der Waals surface area (Å²) in [4.78, 5) is 21.4. The maximum Gasteiger partial charge on any atom is 0.163 e. The van der Waals surface area contributed by atoms with Crippen molar-refractivity contribution in [1.29, 1.82) is 0 Å². The van der Waals surface area contributed by atoms with Crippen LogP contribution in [-0.2, 0) is 4.79 Å². The van der Waals surface area contributed by atoms with E-state index in [1.165, 1.54) is 16.3 Å². The van der Waals surface area contributed by atoms with Crippen LogP contribution in [-0.4, -0.2) is 25.4 Å². The molecule has 0 spiro atoms. The van der Waals surface area contributed by atoms with Gasteiger partial charge in [-0.3, -0.25) is 4.98 Å². The fraction of sp³-hybridized carbons (Fsp3) is 0.273. The van der Waals surface area contributed by atoms with E-state index in [9.17, 15) is 4.79 Å². The summed E-state index contributed by atoms with van der Waals surface area (Å²) in [5.41, 5.74) is 8.43. The van der Waals surface area contributed by atoms with E-state index < -0.39 is 0 Å². The summed E-state index contributed by atoms with van der Waals surface area (Å²) in [6.07, 6.45) is 12.3. The van der Waals surface area contributed by atoms with Crippen LogP contribution in [0.1, 0.15) is 61.9 Å². The lowest BCUT2D eigenvalue weighted by molar-refractivity contribution is -0.118. The fourth-order valence-electron chi connectivity index (χ4n) is 6.24. The molecule has 0 amide bonds. The van der Waals surface area contributed by atoms with Crippen molar-refractivity contribution < 1.29 is 4.79 Å². The third kappa shape index (κ3) is 4.32. The summed E-state index contributed by atoms with van der Waals surface area (Å²) in [6, 6.07) is 17.0. The van der Waals surface area contributed by atoms with Crippen molar-refractivity contribution in [3.05, 3.63) is 90.7 Å². The molecule has 5 nitrogen and oxygen atoms in total. The number of carbonyl (C=O) groups is 1. The molecule has 0 atom stereocenters. The zero-order valence-corrected chi connectivity index (χ0v) is 22.0. The number of hydrogen-bond donors (Lipinski definition) is 0. The van der Waals surface area contributed by atoms with Crippen LogP contribution >= 0.6 is 0 Å². The van der Waals surface area contributed by atoms with E-state index in [0.717, 1.165) is 65.0 Å². The van der Waals surface area contributed by atoms with Crippen LogP contribution in [0.5, 0.6) is 0 Å². The average Bonchev–Trinajstić information content (AvgIpc) is 3.36. The van der Waals surface area contributed by atoms with Gasteiger partial charge in [0, 0.05) is 35.9 Å². The lowest BCUT2D eigenvalue weighted by atomic mass is 9.77. The van der Waals surface area contributed by atoms with Crippen molar-refractivity contribution in [2.45, 2.75) is 51.9 Å². The van der Waals surface area contributed by atoms with Crippen LogP contribution in [0.3, 0.4) is 0 Å². The van der Waals surface area contributed by atoms with Crippen molar-refractivity contribution >= 4 is 28.3 Å². The molecule has 38 heavy (non-hydrogen) atoms. The number of Topliss-reactive ketones (excluding diaryl/α,β-unsaturated/α-hetero) is 1. The number of pyridine rings is 1. The van der Waals surface area contributed by atoms with Gasteiger partial charge in [0.15, 0.2) is 5.65 Å². The highest BCUT2D eigenvalue weighted by molar-refractivity contribution is 5.92. The van der Waals surface area contributed by atoms with Crippen molar-refractivity contribution in [2.24, 2.45) is 5.92 Å². The number of carbonyl (C=O) groups excluding carboxylic acids is 1. The highest BCUT2D eigenvalue weighted by atomic mass is 16.1. The quantitative estimate of drug-likeness (QED) is 0.238. The van der Waals surface area contributed by atoms with Gasteiger partial charge >= 0.3 is 0 Å². The normalized spacial score (nSPS) is 17.6. The molecule has 0 unspecified atom stereocenters. The van der Waals surface area contributed by atoms with Crippen LogP contribution in [0.4, 0.5) is 0 Å². The maximum absolute atomic E-state index is 11.7. The van der Waals surface area contributed by atoms with Gasteiger partial charge in [-0.2, -0.15) is 5.10 Å². The molecular formula is C33H32N4O. The van der Waals surface area contributed by atoms with Crippen LogP contribution < -0.4 is 0 Å². The number of ketones is 1. The largest absolute Gasteiger partial charge is 0.300 e. The molecule has 3 aromatic heterocycles. The number of hydrogen-bond acceptors (Lipinski definition) is 4. The molecule has 190 valence electrons. The van der Waals surface area contributed by atoms with Crippen molar-refractivity contribution in [3.63, 3.8) is 0 Å². The third-order valence-electron chi connectivity index (χ3n) is 8.06. The minimum atomic E-state index is 0.286. The molecule has 0 bridgehead atoms. The van der Waals surface area contributed by atoms with Gasteiger partial charge in [-0.1, -0.05) is 36.9 Å². The second kappa shape index (κ2) is 9.97. The van der Waals surface area contributed by atoms with E-state index in [-0.39, 0.29) is 5.78 Å². The highest BCUT2D eigenvalue weighted by Gasteiger charge is 2.29. The molecule has 3 heterocycles. The van der Waals surface area contributed by atoms with Crippen LogP contribution in [0.2, 0.25) is 0 Å². The van der Waals surface area contributed by atoms with Gasteiger partial charge in [-0.15, -0.1) is 0 Å². The highest BCUT2D eigenvalue weighted by Crippen LogP contribution is 2.42. The van der Waals surface area contributed by atoms with E-state index in [2.05, 4.69) is 54.9 Å². The van der Waals surface area contributed by atoms with Gasteiger partial charge in [-0.25, -0.2) is 9.50 Å². The molecule has 6 rings (SSSR count).